The van der Waals surface area contributed by atoms with E-state index in [-0.39, 0.29) is 0 Å². The average molecular weight is 326 g/mol. The first-order chi connectivity index (χ1) is 12.9. The quantitative estimate of drug-likeness (QED) is 0.272. The Hall–Kier alpha value is -3.38. The monoisotopic (exact) mass is 326 g/mol. The Kier molecular flexibility index (Phi) is 2.10. The Morgan fingerprint density at radius 3 is 1.19 bits per heavy atom. The van der Waals surface area contributed by atoms with Crippen molar-refractivity contribution in [3.05, 3.63) is 84.9 Å². The molecule has 0 radical (unpaired) electrons. The van der Waals surface area contributed by atoms with E-state index in [9.17, 15) is 0 Å². The van der Waals surface area contributed by atoms with Crippen molar-refractivity contribution in [3.8, 4) is 22.3 Å². The largest absolute Gasteiger partial charge is 0.0616 e. The van der Waals surface area contributed by atoms with Gasteiger partial charge in [0, 0.05) is 0 Å². The Balaban J connectivity index is 1.63. The Morgan fingerprint density at radius 2 is 0.692 bits per heavy atom. The van der Waals surface area contributed by atoms with Crippen LogP contribution in [0, 0.1) is 0 Å². The van der Waals surface area contributed by atoms with Crippen molar-refractivity contribution in [1.82, 2.24) is 0 Å². The molecule has 0 saturated carbocycles. The van der Waals surface area contributed by atoms with Crippen LogP contribution < -0.4 is 0 Å². The Labute approximate surface area is 150 Å². The smallest absolute Gasteiger partial charge is 0.00926 e. The van der Waals surface area contributed by atoms with E-state index < -0.39 is 0 Å². The summed E-state index contributed by atoms with van der Waals surface area (Å²) in [4.78, 5) is 0. The van der Waals surface area contributed by atoms with Crippen LogP contribution in [0.15, 0.2) is 84.9 Å². The topological polar surface area (TPSA) is 0 Å². The van der Waals surface area contributed by atoms with Gasteiger partial charge in [0.05, 0.1) is 0 Å². The molecule has 0 aromatic heterocycles. The molecule has 0 amide bonds. The predicted molar refractivity (Wildman–Crippen MR) is 112 cm³/mol. The van der Waals surface area contributed by atoms with Crippen LogP contribution in [0.4, 0.5) is 0 Å². The van der Waals surface area contributed by atoms with Gasteiger partial charge in [0.2, 0.25) is 0 Å². The van der Waals surface area contributed by atoms with Crippen LogP contribution in [0.5, 0.6) is 0 Å². The van der Waals surface area contributed by atoms with E-state index >= 15 is 0 Å². The first-order valence-corrected chi connectivity index (χ1v) is 9.12. The van der Waals surface area contributed by atoms with Crippen LogP contribution in [-0.4, -0.2) is 0 Å². The molecule has 3 aromatic carbocycles. The fraction of sp³-hybridized carbons (Fsp3) is 0. The lowest BCUT2D eigenvalue weighted by Crippen LogP contribution is -1.68. The average Bonchev–Trinajstić information content (AvgIpc) is 3.38. The van der Waals surface area contributed by atoms with Gasteiger partial charge in [-0.25, -0.2) is 0 Å². The summed E-state index contributed by atoms with van der Waals surface area (Å²) in [6.45, 7) is 0. The fourth-order valence-corrected chi connectivity index (χ4v) is 4.90. The minimum Gasteiger partial charge on any atom is -0.0616 e. The van der Waals surface area contributed by atoms with Crippen molar-refractivity contribution in [2.45, 2.75) is 0 Å². The zero-order valence-corrected chi connectivity index (χ0v) is 14.1. The summed E-state index contributed by atoms with van der Waals surface area (Å²) in [6.07, 6.45) is 0. The van der Waals surface area contributed by atoms with Crippen molar-refractivity contribution < 1.29 is 0 Å². The molecule has 0 bridgehead atoms. The predicted octanol–water partition coefficient (Wildman–Crippen LogP) is 7.38. The van der Waals surface area contributed by atoms with Crippen molar-refractivity contribution in [2.24, 2.45) is 0 Å². The molecule has 0 spiro atoms. The van der Waals surface area contributed by atoms with E-state index in [1.54, 1.807) is 0 Å². The molecule has 0 unspecified atom stereocenters. The van der Waals surface area contributed by atoms with Gasteiger partial charge in [0.1, 0.15) is 0 Å². The third-order valence-electron chi connectivity index (χ3n) is 6.08. The first kappa shape index (κ1) is 12.9. The molecule has 0 nitrogen and oxygen atoms in total. The maximum absolute atomic E-state index is 2.39. The fourth-order valence-electron chi connectivity index (χ4n) is 4.90. The van der Waals surface area contributed by atoms with E-state index in [2.05, 4.69) is 84.9 Å². The van der Waals surface area contributed by atoms with E-state index in [0.717, 1.165) is 0 Å². The Morgan fingerprint density at radius 1 is 0.308 bits per heavy atom. The lowest BCUT2D eigenvalue weighted by Gasteiger charge is -1.96. The van der Waals surface area contributed by atoms with Gasteiger partial charge in [0.15, 0.2) is 0 Å². The first-order valence-electron chi connectivity index (χ1n) is 9.12. The summed E-state index contributed by atoms with van der Waals surface area (Å²) < 4.78 is 0. The summed E-state index contributed by atoms with van der Waals surface area (Å²) in [6, 6.07) is 31.6. The molecule has 26 heavy (non-hydrogen) atoms. The molecule has 4 aliphatic rings. The van der Waals surface area contributed by atoms with Gasteiger partial charge < -0.3 is 0 Å². The number of fused-ring (bicyclic) bond motifs is 10. The highest BCUT2D eigenvalue weighted by Crippen LogP contribution is 2.47. The van der Waals surface area contributed by atoms with Gasteiger partial charge in [-0.05, 0) is 102 Å². The maximum atomic E-state index is 2.39. The van der Waals surface area contributed by atoms with Crippen LogP contribution >= 0.6 is 0 Å². The summed E-state index contributed by atoms with van der Waals surface area (Å²) in [5.74, 6) is 0. The molecule has 0 atom stereocenters. The summed E-state index contributed by atoms with van der Waals surface area (Å²) in [7, 11) is 0. The molecular weight excluding hydrogens is 312 g/mol. The van der Waals surface area contributed by atoms with E-state index in [0.29, 0.717) is 0 Å². The van der Waals surface area contributed by atoms with Gasteiger partial charge in [-0.15, -0.1) is 0 Å². The zero-order valence-electron chi connectivity index (χ0n) is 14.1. The normalized spacial score (nSPS) is 12.6. The highest BCUT2D eigenvalue weighted by atomic mass is 14.2. The lowest BCUT2D eigenvalue weighted by molar-refractivity contribution is 1.84. The zero-order chi connectivity index (χ0) is 16.8. The maximum Gasteiger partial charge on any atom is -0.00926 e. The standard InChI is InChI=1S/C26H14/c1-3-7-19-15(5-1)9-25-21-11-18-14-24-20-8-4-2-6-16(20)10-26(24)22(18)12-17(21)13-23(19)25/h1-14H. The molecule has 0 heteroatoms. The number of hydrogen-bond donors (Lipinski definition) is 0. The second-order valence-corrected chi connectivity index (χ2v) is 7.43. The van der Waals surface area contributed by atoms with Crippen LogP contribution in [0.1, 0.15) is 0 Å². The Bertz CT molecular complexity index is 1400. The molecular formula is C26H14. The molecule has 118 valence electrons. The SMILES string of the molecule is c1ccc2c3cc4cc5c6cc7ccccc7c-6cc5cc4c-3cc2c1. The van der Waals surface area contributed by atoms with Gasteiger partial charge >= 0.3 is 0 Å². The minimum absolute atomic E-state index is 1.34. The number of hydrogen-bond acceptors (Lipinski definition) is 0. The molecule has 3 aromatic rings. The van der Waals surface area contributed by atoms with E-state index in [1.807, 2.05) is 0 Å². The highest BCUT2D eigenvalue weighted by Gasteiger charge is 2.19. The van der Waals surface area contributed by atoms with E-state index in [1.165, 1.54) is 65.3 Å². The third kappa shape index (κ3) is 1.43. The summed E-state index contributed by atoms with van der Waals surface area (Å²) in [5.41, 5.74) is 5.53. The molecule has 0 fully saturated rings. The van der Waals surface area contributed by atoms with Crippen molar-refractivity contribution in [3.63, 3.8) is 0 Å². The molecule has 0 N–H and O–H groups in total. The van der Waals surface area contributed by atoms with Crippen LogP contribution in [0.3, 0.4) is 0 Å². The molecule has 0 aliphatic heterocycles. The van der Waals surface area contributed by atoms with Gasteiger partial charge in [0.25, 0.3) is 0 Å². The van der Waals surface area contributed by atoms with Crippen LogP contribution in [0.2, 0.25) is 0 Å². The molecule has 0 heterocycles. The molecule has 0 saturated heterocycles. The second-order valence-electron chi connectivity index (χ2n) is 7.43. The van der Waals surface area contributed by atoms with Crippen molar-refractivity contribution in [1.29, 1.82) is 0 Å². The summed E-state index contributed by atoms with van der Waals surface area (Å²) >= 11 is 0. The minimum atomic E-state index is 1.34. The number of benzene rings is 3. The van der Waals surface area contributed by atoms with Crippen molar-refractivity contribution >= 4 is 43.1 Å². The van der Waals surface area contributed by atoms with Gasteiger partial charge in [-0.1, -0.05) is 48.5 Å². The van der Waals surface area contributed by atoms with Gasteiger partial charge in [-0.2, -0.15) is 0 Å². The molecule has 7 rings (SSSR count). The second kappa shape index (κ2) is 4.23. The van der Waals surface area contributed by atoms with Crippen molar-refractivity contribution in [2.75, 3.05) is 0 Å². The lowest BCUT2D eigenvalue weighted by atomic mass is 10.1. The van der Waals surface area contributed by atoms with Gasteiger partial charge in [-0.3, -0.25) is 0 Å². The van der Waals surface area contributed by atoms with Crippen LogP contribution in [0.25, 0.3) is 65.3 Å². The summed E-state index contributed by atoms with van der Waals surface area (Å²) in [5, 5.41) is 10.9. The molecule has 4 aliphatic carbocycles. The van der Waals surface area contributed by atoms with E-state index in [4.69, 9.17) is 0 Å². The third-order valence-corrected chi connectivity index (χ3v) is 6.08. The highest BCUT2D eigenvalue weighted by molar-refractivity contribution is 6.22. The van der Waals surface area contributed by atoms with Crippen LogP contribution in [-0.2, 0) is 0 Å². The number of rotatable bonds is 0.